The van der Waals surface area contributed by atoms with Crippen LogP contribution in [0.2, 0.25) is 0 Å². The Morgan fingerprint density at radius 3 is 1.59 bits per heavy atom. The highest BCUT2D eigenvalue weighted by atomic mass is 16.2. The van der Waals surface area contributed by atoms with Crippen molar-refractivity contribution in [2.24, 2.45) is 0 Å². The van der Waals surface area contributed by atoms with E-state index in [-0.39, 0.29) is 12.0 Å². The minimum Gasteiger partial charge on any atom is -0.397 e. The summed E-state index contributed by atoms with van der Waals surface area (Å²) in [4.78, 5) is 0. The molecule has 0 aromatic heterocycles. The second-order valence-corrected chi connectivity index (χ2v) is 5.48. The zero-order chi connectivity index (χ0) is 16.0. The van der Waals surface area contributed by atoms with Crippen LogP contribution in [0.25, 0.3) is 11.1 Å². The fourth-order valence-corrected chi connectivity index (χ4v) is 3.43. The van der Waals surface area contributed by atoms with Crippen molar-refractivity contribution in [1.82, 2.24) is 0 Å². The highest BCUT2D eigenvalue weighted by Gasteiger charge is 2.40. The molecule has 2 aromatic rings. The van der Waals surface area contributed by atoms with Crippen molar-refractivity contribution >= 4 is 0 Å². The maximum absolute atomic E-state index is 7.57. The topological polar surface area (TPSA) is 20.2 Å². The molecule has 0 saturated carbocycles. The molecule has 0 spiro atoms. The third-order valence-corrected chi connectivity index (χ3v) is 4.16. The van der Waals surface area contributed by atoms with Gasteiger partial charge < -0.3 is 5.11 Å². The Morgan fingerprint density at radius 2 is 1.23 bits per heavy atom. The Hall–Kier alpha value is -2.12. The molecule has 114 valence electrons. The van der Waals surface area contributed by atoms with Gasteiger partial charge >= 0.3 is 0 Å². The summed E-state index contributed by atoms with van der Waals surface area (Å²) in [6.45, 7) is 9.86. The summed E-state index contributed by atoms with van der Waals surface area (Å²) in [5.74, 6) is 0. The number of hydrogen-bond acceptors (Lipinski definition) is 1. The van der Waals surface area contributed by atoms with Crippen molar-refractivity contribution in [2.75, 3.05) is 6.61 Å². The summed E-state index contributed by atoms with van der Waals surface area (Å²) in [5.41, 5.74) is 5.58. The average Bonchev–Trinajstić information content (AvgIpc) is 2.81. The molecule has 22 heavy (non-hydrogen) atoms. The Kier molecular flexibility index (Phi) is 5.35. The van der Waals surface area contributed by atoms with E-state index in [1.54, 1.807) is 6.92 Å². The standard InChI is InChI=1S/C19H18.C2H6O/c1-3-13-19(14-4-2)17-11-7-5-9-15(17)16-10-6-8-12-18(16)19;1-2-3/h3-12H,1-2,13-14H2;3H,2H2,1H3. The maximum Gasteiger partial charge on any atom is 0.0402 e. The van der Waals surface area contributed by atoms with Gasteiger partial charge in [0.1, 0.15) is 0 Å². The molecule has 1 N–H and O–H groups in total. The third-order valence-electron chi connectivity index (χ3n) is 4.16. The van der Waals surface area contributed by atoms with Gasteiger partial charge in [-0.1, -0.05) is 60.7 Å². The lowest BCUT2D eigenvalue weighted by Gasteiger charge is -2.30. The summed E-state index contributed by atoms with van der Waals surface area (Å²) in [6, 6.07) is 17.5. The van der Waals surface area contributed by atoms with E-state index >= 15 is 0 Å². The van der Waals surface area contributed by atoms with E-state index in [0.717, 1.165) is 12.8 Å². The molecule has 0 unspecified atom stereocenters. The molecular weight excluding hydrogens is 268 g/mol. The van der Waals surface area contributed by atoms with Gasteiger partial charge in [0, 0.05) is 12.0 Å². The van der Waals surface area contributed by atoms with Crippen molar-refractivity contribution in [3.8, 4) is 11.1 Å². The fraction of sp³-hybridized carbons (Fsp3) is 0.238. The third kappa shape index (κ3) is 2.65. The molecule has 0 saturated heterocycles. The lowest BCUT2D eigenvalue weighted by atomic mass is 9.73. The van der Waals surface area contributed by atoms with E-state index in [4.69, 9.17) is 5.11 Å². The van der Waals surface area contributed by atoms with Crippen LogP contribution in [0.5, 0.6) is 0 Å². The van der Waals surface area contributed by atoms with E-state index in [9.17, 15) is 0 Å². The number of fused-ring (bicyclic) bond motifs is 3. The van der Waals surface area contributed by atoms with Crippen LogP contribution < -0.4 is 0 Å². The maximum atomic E-state index is 7.57. The normalized spacial score (nSPS) is 13.4. The van der Waals surface area contributed by atoms with E-state index in [2.05, 4.69) is 61.7 Å². The molecule has 1 nitrogen and oxygen atoms in total. The van der Waals surface area contributed by atoms with Crippen LogP contribution >= 0.6 is 0 Å². The van der Waals surface area contributed by atoms with Gasteiger partial charge in [-0.05, 0) is 42.0 Å². The lowest BCUT2D eigenvalue weighted by molar-refractivity contribution is 0.318. The zero-order valence-electron chi connectivity index (χ0n) is 13.3. The number of hydrogen-bond donors (Lipinski definition) is 1. The van der Waals surface area contributed by atoms with Gasteiger partial charge in [0.15, 0.2) is 0 Å². The van der Waals surface area contributed by atoms with Gasteiger partial charge in [0.05, 0.1) is 0 Å². The van der Waals surface area contributed by atoms with E-state index in [0.29, 0.717) is 0 Å². The van der Waals surface area contributed by atoms with Crippen LogP contribution in [-0.4, -0.2) is 11.7 Å². The highest BCUT2D eigenvalue weighted by Crippen LogP contribution is 2.52. The summed E-state index contributed by atoms with van der Waals surface area (Å²) in [5, 5.41) is 7.57. The Morgan fingerprint density at radius 1 is 0.864 bits per heavy atom. The number of aliphatic hydroxyl groups excluding tert-OH is 1. The second-order valence-electron chi connectivity index (χ2n) is 5.48. The van der Waals surface area contributed by atoms with E-state index in [1.165, 1.54) is 22.3 Å². The number of allylic oxidation sites excluding steroid dienone is 2. The van der Waals surface area contributed by atoms with Crippen molar-refractivity contribution < 1.29 is 5.11 Å². The first-order valence-corrected chi connectivity index (χ1v) is 7.77. The second kappa shape index (κ2) is 7.24. The van der Waals surface area contributed by atoms with E-state index < -0.39 is 0 Å². The van der Waals surface area contributed by atoms with Crippen molar-refractivity contribution in [1.29, 1.82) is 0 Å². The van der Waals surface area contributed by atoms with Crippen LogP contribution in [-0.2, 0) is 5.41 Å². The molecule has 1 aliphatic rings. The minimum absolute atomic E-state index is 0.0245. The SMILES string of the molecule is C=CCC1(CC=C)c2ccccc2-c2ccccc21.CCO. The Bertz CT molecular complexity index is 597. The molecule has 3 rings (SSSR count). The molecule has 0 atom stereocenters. The molecular formula is C21H24O. The Balaban J connectivity index is 0.000000545. The largest absolute Gasteiger partial charge is 0.397 e. The molecule has 0 amide bonds. The molecule has 1 aliphatic carbocycles. The first-order valence-electron chi connectivity index (χ1n) is 7.77. The smallest absolute Gasteiger partial charge is 0.0402 e. The van der Waals surface area contributed by atoms with Crippen LogP contribution in [0.4, 0.5) is 0 Å². The summed E-state index contributed by atoms with van der Waals surface area (Å²) >= 11 is 0. The minimum atomic E-state index is 0.0245. The fourth-order valence-electron chi connectivity index (χ4n) is 3.43. The Labute approximate surface area is 133 Å². The van der Waals surface area contributed by atoms with Gasteiger partial charge in [0.2, 0.25) is 0 Å². The first kappa shape index (κ1) is 16.3. The molecule has 0 bridgehead atoms. The molecule has 0 heterocycles. The number of rotatable bonds is 4. The monoisotopic (exact) mass is 292 g/mol. The first-order chi connectivity index (χ1) is 10.7. The van der Waals surface area contributed by atoms with Crippen LogP contribution in [0.15, 0.2) is 73.8 Å². The van der Waals surface area contributed by atoms with Crippen LogP contribution in [0, 0.1) is 0 Å². The van der Waals surface area contributed by atoms with Gasteiger partial charge in [-0.15, -0.1) is 13.2 Å². The predicted octanol–water partition coefficient (Wildman–Crippen LogP) is 5.10. The van der Waals surface area contributed by atoms with Gasteiger partial charge in [-0.25, -0.2) is 0 Å². The van der Waals surface area contributed by atoms with Crippen molar-refractivity contribution in [2.45, 2.75) is 25.2 Å². The molecule has 0 aliphatic heterocycles. The van der Waals surface area contributed by atoms with Crippen molar-refractivity contribution in [3.05, 3.63) is 85.0 Å². The highest BCUT2D eigenvalue weighted by molar-refractivity contribution is 5.81. The average molecular weight is 292 g/mol. The van der Waals surface area contributed by atoms with Gasteiger partial charge in [-0.3, -0.25) is 0 Å². The summed E-state index contributed by atoms with van der Waals surface area (Å²) in [7, 11) is 0. The molecule has 0 radical (unpaired) electrons. The van der Waals surface area contributed by atoms with Gasteiger partial charge in [0.25, 0.3) is 0 Å². The van der Waals surface area contributed by atoms with Crippen molar-refractivity contribution in [3.63, 3.8) is 0 Å². The van der Waals surface area contributed by atoms with Gasteiger partial charge in [-0.2, -0.15) is 0 Å². The number of benzene rings is 2. The van der Waals surface area contributed by atoms with E-state index in [1.807, 2.05) is 12.2 Å². The van der Waals surface area contributed by atoms with Crippen LogP contribution in [0.1, 0.15) is 30.9 Å². The number of aliphatic hydroxyl groups is 1. The van der Waals surface area contributed by atoms with Crippen LogP contribution in [0.3, 0.4) is 0 Å². The summed E-state index contributed by atoms with van der Waals surface area (Å²) in [6.07, 6.45) is 5.96. The lowest BCUT2D eigenvalue weighted by Crippen LogP contribution is -2.23. The zero-order valence-corrected chi connectivity index (χ0v) is 13.3. The predicted molar refractivity (Wildman–Crippen MR) is 95.0 cm³/mol. The molecule has 1 heteroatoms. The molecule has 0 fully saturated rings. The molecule has 2 aromatic carbocycles. The summed E-state index contributed by atoms with van der Waals surface area (Å²) < 4.78 is 0. The quantitative estimate of drug-likeness (QED) is 0.777.